The van der Waals surface area contributed by atoms with Crippen molar-refractivity contribution in [2.75, 3.05) is 0 Å². The zero-order chi connectivity index (χ0) is 25.2. The number of benzene rings is 2. The minimum Gasteiger partial charge on any atom is -0.457 e. The van der Waals surface area contributed by atoms with Gasteiger partial charge in [0.15, 0.2) is 5.69 Å². The number of aromatic nitrogens is 2. The number of ether oxygens (including phenoxy) is 1. The monoisotopic (exact) mass is 520 g/mol. The Balaban J connectivity index is 2.13. The summed E-state index contributed by atoms with van der Waals surface area (Å²) in [6.07, 6.45) is 1.47. The van der Waals surface area contributed by atoms with E-state index in [9.17, 15) is 4.79 Å². The largest absolute Gasteiger partial charge is 0.457 e. The molecule has 0 radical (unpaired) electrons. The maximum absolute atomic E-state index is 13.5. The number of esters is 1. The number of hydrogen-bond donors (Lipinski definition) is 0. The van der Waals surface area contributed by atoms with E-state index in [2.05, 4.69) is 34.6 Å². The van der Waals surface area contributed by atoms with Crippen LogP contribution in [0.3, 0.4) is 0 Å². The van der Waals surface area contributed by atoms with Gasteiger partial charge in [-0.25, -0.2) is 9.48 Å². The molecule has 0 bridgehead atoms. The average Bonchev–Trinajstić information content (AvgIpc) is 3.10. The predicted molar refractivity (Wildman–Crippen MR) is 141 cm³/mol. The molecule has 4 nitrogen and oxygen atoms in total. The number of hydrogen-bond acceptors (Lipinski definition) is 3. The van der Waals surface area contributed by atoms with E-state index >= 15 is 0 Å². The zero-order valence-corrected chi connectivity index (χ0v) is 22.7. The van der Waals surface area contributed by atoms with E-state index in [1.807, 2.05) is 19.1 Å². The van der Waals surface area contributed by atoms with Gasteiger partial charge in [0.05, 0.1) is 16.4 Å². The Morgan fingerprint density at radius 3 is 2.24 bits per heavy atom. The molecule has 7 heteroatoms. The van der Waals surface area contributed by atoms with Gasteiger partial charge in [0, 0.05) is 26.6 Å². The number of rotatable bonds is 8. The molecular formula is C27H31Cl3N2O2. The molecule has 182 valence electrons. The Morgan fingerprint density at radius 1 is 1.06 bits per heavy atom. The molecule has 0 N–H and O–H groups in total. The van der Waals surface area contributed by atoms with Crippen molar-refractivity contribution in [3.63, 3.8) is 0 Å². The molecule has 0 saturated heterocycles. The highest BCUT2D eigenvalue weighted by Crippen LogP contribution is 2.37. The molecule has 0 fully saturated rings. The van der Waals surface area contributed by atoms with E-state index in [0.717, 1.165) is 24.1 Å². The smallest absolute Gasteiger partial charge is 0.359 e. The molecule has 3 rings (SSSR count). The lowest BCUT2D eigenvalue weighted by Crippen LogP contribution is -2.38. The molecule has 0 aliphatic rings. The van der Waals surface area contributed by atoms with Gasteiger partial charge in [-0.3, -0.25) is 0 Å². The number of halogens is 3. The normalized spacial score (nSPS) is 12.8. The summed E-state index contributed by atoms with van der Waals surface area (Å²) in [5.74, 6) is -0.100. The third-order valence-electron chi connectivity index (χ3n) is 6.69. The number of carbonyl (C=O) groups excluding carboxylic acids is 1. The van der Waals surface area contributed by atoms with Crippen LogP contribution in [0.1, 0.15) is 63.5 Å². The second-order valence-corrected chi connectivity index (χ2v) is 10.8. The van der Waals surface area contributed by atoms with Crippen molar-refractivity contribution >= 4 is 40.8 Å². The van der Waals surface area contributed by atoms with E-state index in [1.54, 1.807) is 35.0 Å². The first kappa shape index (κ1) is 26.6. The van der Waals surface area contributed by atoms with Crippen molar-refractivity contribution < 1.29 is 9.53 Å². The molecule has 0 aliphatic carbocycles. The molecule has 2 aromatic carbocycles. The summed E-state index contributed by atoms with van der Waals surface area (Å²) in [5, 5.41) is 6.25. The second-order valence-electron chi connectivity index (χ2n) is 9.50. The third kappa shape index (κ3) is 5.45. The predicted octanol–water partition coefficient (Wildman–Crippen LogP) is 8.82. The number of nitrogens with zero attached hydrogens (tertiary/aromatic N) is 2. The molecule has 1 aromatic heterocycles. The van der Waals surface area contributed by atoms with Crippen LogP contribution >= 0.6 is 34.8 Å². The van der Waals surface area contributed by atoms with Crippen LogP contribution in [0.15, 0.2) is 42.5 Å². The van der Waals surface area contributed by atoms with Gasteiger partial charge in [-0.15, -0.1) is 0 Å². The summed E-state index contributed by atoms with van der Waals surface area (Å²) in [4.78, 5) is 13.5. The van der Waals surface area contributed by atoms with Gasteiger partial charge in [-0.1, -0.05) is 88.0 Å². The molecule has 0 saturated carbocycles. The fourth-order valence-corrected chi connectivity index (χ4v) is 4.48. The summed E-state index contributed by atoms with van der Waals surface area (Å²) in [7, 11) is 0. The van der Waals surface area contributed by atoms with Gasteiger partial charge in [-0.2, -0.15) is 5.10 Å². The van der Waals surface area contributed by atoms with E-state index < -0.39 is 5.97 Å². The molecule has 0 aliphatic heterocycles. The zero-order valence-electron chi connectivity index (χ0n) is 20.5. The molecule has 3 aromatic rings. The van der Waals surface area contributed by atoms with Crippen LogP contribution in [0, 0.1) is 18.3 Å². The van der Waals surface area contributed by atoms with Crippen LogP contribution in [-0.2, 0) is 4.74 Å². The van der Waals surface area contributed by atoms with Gasteiger partial charge in [-0.05, 0) is 49.6 Å². The quantitative estimate of drug-likeness (QED) is 0.278. The van der Waals surface area contributed by atoms with Gasteiger partial charge < -0.3 is 4.74 Å². The first-order chi connectivity index (χ1) is 16.0. The van der Waals surface area contributed by atoms with Gasteiger partial charge >= 0.3 is 5.97 Å². The minimum atomic E-state index is -0.441. The SMILES string of the molecule is CCC[C@H](OC(=O)c1nn(-c2ccc(Cl)cc2Cl)c(-c2ccc(Cl)cc2)c1C)C(C)(C)C(C)C. The minimum absolute atomic E-state index is 0.180. The lowest BCUT2D eigenvalue weighted by Gasteiger charge is -2.37. The van der Waals surface area contributed by atoms with E-state index in [-0.39, 0.29) is 17.2 Å². The van der Waals surface area contributed by atoms with Gasteiger partial charge in [0.25, 0.3) is 0 Å². The summed E-state index contributed by atoms with van der Waals surface area (Å²) in [6, 6.07) is 12.6. The van der Waals surface area contributed by atoms with Crippen LogP contribution in [0.4, 0.5) is 0 Å². The van der Waals surface area contributed by atoms with Crippen LogP contribution in [0.2, 0.25) is 15.1 Å². The second kappa shape index (κ2) is 10.7. The summed E-state index contributed by atoms with van der Waals surface area (Å²) in [6.45, 7) is 12.6. The van der Waals surface area contributed by atoms with Crippen LogP contribution < -0.4 is 0 Å². The Bertz CT molecular complexity index is 1170. The van der Waals surface area contributed by atoms with Crippen LogP contribution in [-0.4, -0.2) is 21.9 Å². The van der Waals surface area contributed by atoms with Gasteiger partial charge in [0.2, 0.25) is 0 Å². The molecule has 1 heterocycles. The Hall–Kier alpha value is -2.01. The van der Waals surface area contributed by atoms with Crippen molar-refractivity contribution in [3.05, 3.63) is 68.8 Å². The number of carbonyl (C=O) groups is 1. The molecule has 0 unspecified atom stereocenters. The Labute approximate surface area is 217 Å². The first-order valence-corrected chi connectivity index (χ1v) is 12.6. The standard InChI is InChI=1S/C27H31Cl3N2O2/c1-7-8-23(27(5,6)16(2)3)34-26(33)24-17(4)25(18-9-11-19(28)12-10-18)32(31-24)22-14-13-20(29)15-21(22)30/h9-16,23H,7-8H2,1-6H3/t23-/m0/s1. The highest BCUT2D eigenvalue weighted by atomic mass is 35.5. The lowest BCUT2D eigenvalue weighted by atomic mass is 9.75. The van der Waals surface area contributed by atoms with Crippen molar-refractivity contribution in [2.24, 2.45) is 11.3 Å². The average molecular weight is 522 g/mol. The van der Waals surface area contributed by atoms with Crippen LogP contribution in [0.5, 0.6) is 0 Å². The molecule has 0 spiro atoms. The van der Waals surface area contributed by atoms with Crippen molar-refractivity contribution in [1.29, 1.82) is 0 Å². The maximum Gasteiger partial charge on any atom is 0.359 e. The highest BCUT2D eigenvalue weighted by Gasteiger charge is 2.36. The summed E-state index contributed by atoms with van der Waals surface area (Å²) in [5.41, 5.74) is 2.99. The molecular weight excluding hydrogens is 491 g/mol. The van der Waals surface area contributed by atoms with E-state index in [0.29, 0.717) is 32.2 Å². The van der Waals surface area contributed by atoms with Crippen LogP contribution in [0.25, 0.3) is 16.9 Å². The third-order valence-corrected chi connectivity index (χ3v) is 7.48. The van der Waals surface area contributed by atoms with E-state index in [1.165, 1.54) is 0 Å². The summed E-state index contributed by atoms with van der Waals surface area (Å²) < 4.78 is 7.78. The Kier molecular flexibility index (Phi) is 8.38. The molecule has 0 amide bonds. The Morgan fingerprint density at radius 2 is 1.68 bits per heavy atom. The highest BCUT2D eigenvalue weighted by molar-refractivity contribution is 6.35. The lowest BCUT2D eigenvalue weighted by molar-refractivity contribution is -0.0278. The fourth-order valence-electron chi connectivity index (χ4n) is 3.87. The van der Waals surface area contributed by atoms with Crippen molar-refractivity contribution in [3.8, 4) is 16.9 Å². The van der Waals surface area contributed by atoms with E-state index in [4.69, 9.17) is 44.6 Å². The topological polar surface area (TPSA) is 44.1 Å². The fraction of sp³-hybridized carbons (Fsp3) is 0.407. The van der Waals surface area contributed by atoms with Crippen molar-refractivity contribution in [2.45, 2.75) is 60.5 Å². The first-order valence-electron chi connectivity index (χ1n) is 11.5. The van der Waals surface area contributed by atoms with Crippen molar-refractivity contribution in [1.82, 2.24) is 9.78 Å². The molecule has 1 atom stereocenters. The maximum atomic E-state index is 13.5. The molecule has 34 heavy (non-hydrogen) atoms. The summed E-state index contributed by atoms with van der Waals surface area (Å²) >= 11 is 18.8. The van der Waals surface area contributed by atoms with Gasteiger partial charge in [0.1, 0.15) is 6.10 Å².